The van der Waals surface area contributed by atoms with Crippen molar-refractivity contribution < 1.29 is 0 Å². The van der Waals surface area contributed by atoms with Gasteiger partial charge in [-0.2, -0.15) is 0 Å². The fourth-order valence-corrected chi connectivity index (χ4v) is 2.30. The van der Waals surface area contributed by atoms with Crippen LogP contribution >= 0.6 is 11.3 Å². The van der Waals surface area contributed by atoms with E-state index in [1.165, 1.54) is 6.42 Å². The zero-order valence-electron chi connectivity index (χ0n) is 9.86. The summed E-state index contributed by atoms with van der Waals surface area (Å²) in [5, 5.41) is 3.16. The van der Waals surface area contributed by atoms with Crippen molar-refractivity contribution >= 4 is 16.5 Å². The smallest absolute Gasteiger partial charge is 0.185 e. The SMILES string of the molecule is CCC(C)CN(CC)c1nc(CN)cs1. The molecule has 0 bridgehead atoms. The maximum absolute atomic E-state index is 5.56. The summed E-state index contributed by atoms with van der Waals surface area (Å²) in [5.41, 5.74) is 6.56. The summed E-state index contributed by atoms with van der Waals surface area (Å²) in [7, 11) is 0. The number of rotatable bonds is 6. The number of hydrogen-bond donors (Lipinski definition) is 1. The van der Waals surface area contributed by atoms with Crippen LogP contribution in [0.3, 0.4) is 0 Å². The van der Waals surface area contributed by atoms with Crippen molar-refractivity contribution in [3.8, 4) is 0 Å². The van der Waals surface area contributed by atoms with E-state index in [0.29, 0.717) is 6.54 Å². The molecule has 0 saturated heterocycles. The maximum Gasteiger partial charge on any atom is 0.185 e. The monoisotopic (exact) mass is 227 g/mol. The van der Waals surface area contributed by atoms with Crippen molar-refractivity contribution in [1.82, 2.24) is 4.98 Å². The van der Waals surface area contributed by atoms with E-state index in [-0.39, 0.29) is 0 Å². The van der Waals surface area contributed by atoms with Gasteiger partial charge in [-0.15, -0.1) is 11.3 Å². The second kappa shape index (κ2) is 6.08. The van der Waals surface area contributed by atoms with Gasteiger partial charge in [0.2, 0.25) is 0 Å². The quantitative estimate of drug-likeness (QED) is 0.812. The highest BCUT2D eigenvalue weighted by Crippen LogP contribution is 2.21. The Kier molecular flexibility index (Phi) is 5.05. The van der Waals surface area contributed by atoms with Gasteiger partial charge in [0.1, 0.15) is 0 Å². The average Bonchev–Trinajstić information content (AvgIpc) is 2.73. The van der Waals surface area contributed by atoms with Crippen molar-refractivity contribution in [1.29, 1.82) is 0 Å². The third kappa shape index (κ3) is 3.47. The maximum atomic E-state index is 5.56. The van der Waals surface area contributed by atoms with E-state index in [4.69, 9.17) is 5.73 Å². The van der Waals surface area contributed by atoms with Crippen LogP contribution in [0, 0.1) is 5.92 Å². The molecule has 0 saturated carbocycles. The third-order valence-corrected chi connectivity index (χ3v) is 3.58. The van der Waals surface area contributed by atoms with Crippen LogP contribution in [0.15, 0.2) is 5.38 Å². The van der Waals surface area contributed by atoms with Gasteiger partial charge in [0.15, 0.2) is 5.13 Å². The van der Waals surface area contributed by atoms with Gasteiger partial charge in [0.25, 0.3) is 0 Å². The molecule has 1 atom stereocenters. The van der Waals surface area contributed by atoms with E-state index in [1.807, 2.05) is 0 Å². The first-order chi connectivity index (χ1) is 7.21. The second-order valence-electron chi connectivity index (χ2n) is 3.88. The van der Waals surface area contributed by atoms with Crippen molar-refractivity contribution in [3.63, 3.8) is 0 Å². The normalized spacial score (nSPS) is 12.8. The van der Waals surface area contributed by atoms with Gasteiger partial charge in [0, 0.05) is 25.0 Å². The lowest BCUT2D eigenvalue weighted by Crippen LogP contribution is -2.27. The molecule has 2 N–H and O–H groups in total. The zero-order valence-corrected chi connectivity index (χ0v) is 10.7. The number of anilines is 1. The molecule has 1 heterocycles. The van der Waals surface area contributed by atoms with Crippen LogP contribution in [-0.4, -0.2) is 18.1 Å². The third-order valence-electron chi connectivity index (χ3n) is 2.63. The minimum atomic E-state index is 0.539. The van der Waals surface area contributed by atoms with Crippen LogP contribution in [0.4, 0.5) is 5.13 Å². The zero-order chi connectivity index (χ0) is 11.3. The van der Waals surface area contributed by atoms with Gasteiger partial charge in [-0.05, 0) is 12.8 Å². The number of nitrogens with two attached hydrogens (primary N) is 1. The highest BCUT2D eigenvalue weighted by Gasteiger charge is 2.11. The minimum absolute atomic E-state index is 0.539. The van der Waals surface area contributed by atoms with Gasteiger partial charge < -0.3 is 10.6 Å². The van der Waals surface area contributed by atoms with Crippen LogP contribution in [-0.2, 0) is 6.54 Å². The Morgan fingerprint density at radius 1 is 1.53 bits per heavy atom. The van der Waals surface area contributed by atoms with E-state index in [0.717, 1.165) is 29.8 Å². The summed E-state index contributed by atoms with van der Waals surface area (Å²) in [4.78, 5) is 6.84. The van der Waals surface area contributed by atoms with Gasteiger partial charge in [-0.3, -0.25) is 0 Å². The van der Waals surface area contributed by atoms with Gasteiger partial charge >= 0.3 is 0 Å². The molecule has 3 nitrogen and oxygen atoms in total. The molecule has 1 unspecified atom stereocenters. The standard InChI is InChI=1S/C11H21N3S/c1-4-9(3)7-14(5-2)11-13-10(6-12)8-15-11/h8-9H,4-7,12H2,1-3H3. The second-order valence-corrected chi connectivity index (χ2v) is 4.71. The predicted molar refractivity (Wildman–Crippen MR) is 67.3 cm³/mol. The Balaban J connectivity index is 2.65. The van der Waals surface area contributed by atoms with Crippen molar-refractivity contribution in [2.45, 2.75) is 33.7 Å². The summed E-state index contributed by atoms with van der Waals surface area (Å²) < 4.78 is 0. The number of nitrogens with zero attached hydrogens (tertiary/aromatic N) is 2. The van der Waals surface area contributed by atoms with E-state index >= 15 is 0 Å². The van der Waals surface area contributed by atoms with E-state index in [1.54, 1.807) is 11.3 Å². The molecule has 0 aromatic carbocycles. The lowest BCUT2D eigenvalue weighted by atomic mass is 10.1. The summed E-state index contributed by atoms with van der Waals surface area (Å²) in [6.45, 7) is 9.32. The first-order valence-electron chi connectivity index (χ1n) is 5.60. The van der Waals surface area contributed by atoms with Crippen LogP contribution in [0.2, 0.25) is 0 Å². The van der Waals surface area contributed by atoms with Gasteiger partial charge in [-0.1, -0.05) is 20.3 Å². The molecule has 1 rings (SSSR count). The van der Waals surface area contributed by atoms with Crippen molar-refractivity contribution in [3.05, 3.63) is 11.1 Å². The Hall–Kier alpha value is -0.610. The summed E-state index contributed by atoms with van der Waals surface area (Å²) >= 11 is 1.69. The number of hydrogen-bond acceptors (Lipinski definition) is 4. The molecule has 0 aliphatic rings. The highest BCUT2D eigenvalue weighted by molar-refractivity contribution is 7.13. The predicted octanol–water partition coefficient (Wildman–Crippen LogP) is 2.47. The molecule has 0 fully saturated rings. The van der Waals surface area contributed by atoms with Gasteiger partial charge in [0.05, 0.1) is 5.69 Å². The number of thiazole rings is 1. The van der Waals surface area contributed by atoms with E-state index in [9.17, 15) is 0 Å². The van der Waals surface area contributed by atoms with Crippen molar-refractivity contribution in [2.75, 3.05) is 18.0 Å². The molecule has 0 aliphatic carbocycles. The van der Waals surface area contributed by atoms with Crippen LogP contribution in [0.1, 0.15) is 32.9 Å². The Labute approximate surface area is 96.3 Å². The number of aromatic nitrogens is 1. The first kappa shape index (κ1) is 12.5. The molecule has 0 amide bonds. The summed E-state index contributed by atoms with van der Waals surface area (Å²) in [6.07, 6.45) is 1.21. The summed E-state index contributed by atoms with van der Waals surface area (Å²) in [5.74, 6) is 0.718. The van der Waals surface area contributed by atoms with Gasteiger partial charge in [-0.25, -0.2) is 4.98 Å². The van der Waals surface area contributed by atoms with Crippen LogP contribution in [0.25, 0.3) is 0 Å². The van der Waals surface area contributed by atoms with E-state index in [2.05, 4.69) is 36.0 Å². The molecule has 86 valence electrons. The summed E-state index contributed by atoms with van der Waals surface area (Å²) in [6, 6.07) is 0. The lowest BCUT2D eigenvalue weighted by molar-refractivity contribution is 0.547. The van der Waals surface area contributed by atoms with Crippen LogP contribution < -0.4 is 10.6 Å². The Morgan fingerprint density at radius 2 is 2.27 bits per heavy atom. The molecule has 0 radical (unpaired) electrons. The minimum Gasteiger partial charge on any atom is -0.348 e. The lowest BCUT2D eigenvalue weighted by Gasteiger charge is -2.23. The molecule has 15 heavy (non-hydrogen) atoms. The molecule has 0 aliphatic heterocycles. The molecule has 1 aromatic heterocycles. The molecule has 4 heteroatoms. The Bertz CT molecular complexity index is 285. The Morgan fingerprint density at radius 3 is 2.73 bits per heavy atom. The topological polar surface area (TPSA) is 42.2 Å². The highest BCUT2D eigenvalue weighted by atomic mass is 32.1. The van der Waals surface area contributed by atoms with Crippen molar-refractivity contribution in [2.24, 2.45) is 11.7 Å². The molecule has 0 spiro atoms. The first-order valence-corrected chi connectivity index (χ1v) is 6.48. The molecular weight excluding hydrogens is 206 g/mol. The fraction of sp³-hybridized carbons (Fsp3) is 0.727. The largest absolute Gasteiger partial charge is 0.348 e. The van der Waals surface area contributed by atoms with E-state index < -0.39 is 0 Å². The van der Waals surface area contributed by atoms with Crippen LogP contribution in [0.5, 0.6) is 0 Å². The fourth-order valence-electron chi connectivity index (χ4n) is 1.38. The average molecular weight is 227 g/mol. The molecular formula is C11H21N3S. The molecule has 1 aromatic rings.